The van der Waals surface area contributed by atoms with Crippen molar-refractivity contribution in [1.82, 2.24) is 20.3 Å². The summed E-state index contributed by atoms with van der Waals surface area (Å²) < 4.78 is 38.8. The number of alkyl halides is 3. The highest BCUT2D eigenvalue weighted by atomic mass is 19.4. The molecule has 0 bridgehead atoms. The van der Waals surface area contributed by atoms with Crippen molar-refractivity contribution in [2.45, 2.75) is 12.7 Å². The number of benzene rings is 3. The number of halogens is 3. The third-order valence-electron chi connectivity index (χ3n) is 5.57. The van der Waals surface area contributed by atoms with E-state index in [2.05, 4.69) is 25.6 Å². The molecule has 0 fully saturated rings. The van der Waals surface area contributed by atoms with Crippen LogP contribution in [0.1, 0.15) is 32.0 Å². The molecule has 0 aliphatic carbocycles. The first-order valence-electron chi connectivity index (χ1n) is 10.9. The molecule has 3 N–H and O–H groups in total. The number of carbonyl (C=O) groups excluding carboxylic acids is 2. The fourth-order valence-electron chi connectivity index (χ4n) is 3.79. The van der Waals surface area contributed by atoms with Gasteiger partial charge in [-0.15, -0.1) is 0 Å². The van der Waals surface area contributed by atoms with Gasteiger partial charge in [-0.05, 0) is 41.3 Å². The molecule has 180 valence electrons. The van der Waals surface area contributed by atoms with E-state index < -0.39 is 23.6 Å². The first-order valence-corrected chi connectivity index (χ1v) is 10.9. The zero-order valence-electron chi connectivity index (χ0n) is 18.6. The minimum absolute atomic E-state index is 0.0928. The number of anilines is 1. The molecule has 0 unspecified atom stereocenters. The number of rotatable bonds is 5. The number of para-hydroxylation sites is 1. The van der Waals surface area contributed by atoms with Crippen molar-refractivity contribution >= 4 is 39.6 Å². The highest BCUT2D eigenvalue weighted by Crippen LogP contribution is 2.29. The van der Waals surface area contributed by atoms with Crippen molar-refractivity contribution in [2.75, 3.05) is 5.32 Å². The fraction of sp³-hybridized carbons (Fsp3) is 0.0769. The molecule has 2 heterocycles. The standard InChI is InChI=1S/C26H18F3N5O2/c27-26(28,29)18-8-3-5-15(11-18)13-31-23(35)19-9-4-10-20-22(19)33-25(32-20)34-24(36)21-12-16-6-1-2-7-17(16)14-30-21/h1-12,14H,13H2,(H,31,35)(H2,32,33,34,36). The molecule has 0 spiro atoms. The summed E-state index contributed by atoms with van der Waals surface area (Å²) in [6.07, 6.45) is -2.86. The van der Waals surface area contributed by atoms with E-state index in [1.807, 2.05) is 24.3 Å². The molecule has 5 rings (SSSR count). The monoisotopic (exact) mass is 489 g/mol. The van der Waals surface area contributed by atoms with Crippen molar-refractivity contribution in [2.24, 2.45) is 0 Å². The Bertz CT molecular complexity index is 1610. The molecule has 2 amide bonds. The molecule has 0 saturated carbocycles. The lowest BCUT2D eigenvalue weighted by Crippen LogP contribution is -2.23. The van der Waals surface area contributed by atoms with Gasteiger partial charge >= 0.3 is 6.18 Å². The van der Waals surface area contributed by atoms with E-state index in [4.69, 9.17) is 0 Å². The zero-order valence-corrected chi connectivity index (χ0v) is 18.6. The lowest BCUT2D eigenvalue weighted by Gasteiger charge is -2.10. The first-order chi connectivity index (χ1) is 17.3. The molecule has 3 aromatic carbocycles. The average Bonchev–Trinajstić information content (AvgIpc) is 3.29. The predicted molar refractivity (Wildman–Crippen MR) is 128 cm³/mol. The van der Waals surface area contributed by atoms with Crippen molar-refractivity contribution < 1.29 is 22.8 Å². The van der Waals surface area contributed by atoms with E-state index in [0.717, 1.165) is 22.9 Å². The van der Waals surface area contributed by atoms with Crippen LogP contribution in [-0.2, 0) is 12.7 Å². The topological polar surface area (TPSA) is 99.8 Å². The van der Waals surface area contributed by atoms with Crippen molar-refractivity contribution in [3.8, 4) is 0 Å². The number of amides is 2. The summed E-state index contributed by atoms with van der Waals surface area (Å²) in [6, 6.07) is 18.8. The molecule has 36 heavy (non-hydrogen) atoms. The summed E-state index contributed by atoms with van der Waals surface area (Å²) in [7, 11) is 0. The number of nitrogens with zero attached hydrogens (tertiary/aromatic N) is 2. The molecule has 0 atom stereocenters. The Hall–Kier alpha value is -4.73. The highest BCUT2D eigenvalue weighted by Gasteiger charge is 2.30. The number of fused-ring (bicyclic) bond motifs is 2. The maximum Gasteiger partial charge on any atom is 0.416 e. The quantitative estimate of drug-likeness (QED) is 0.311. The second kappa shape index (κ2) is 9.14. The van der Waals surface area contributed by atoms with Crippen molar-refractivity contribution in [3.63, 3.8) is 0 Å². The Labute approximate surface area is 202 Å². The molecule has 0 saturated heterocycles. The van der Waals surface area contributed by atoms with Crippen LogP contribution < -0.4 is 10.6 Å². The Morgan fingerprint density at radius 1 is 0.889 bits per heavy atom. The number of carbonyl (C=O) groups is 2. The second-order valence-electron chi connectivity index (χ2n) is 8.04. The molecule has 0 aliphatic heterocycles. The van der Waals surface area contributed by atoms with E-state index in [9.17, 15) is 22.8 Å². The number of pyridine rings is 1. The molecule has 2 aromatic heterocycles. The Morgan fingerprint density at radius 2 is 1.67 bits per heavy atom. The lowest BCUT2D eigenvalue weighted by molar-refractivity contribution is -0.137. The van der Waals surface area contributed by atoms with E-state index in [1.54, 1.807) is 30.5 Å². The lowest BCUT2D eigenvalue weighted by atomic mass is 10.1. The van der Waals surface area contributed by atoms with Crippen molar-refractivity contribution in [1.29, 1.82) is 0 Å². The van der Waals surface area contributed by atoms with Gasteiger partial charge in [0.1, 0.15) is 5.69 Å². The van der Waals surface area contributed by atoms with Gasteiger partial charge in [0.15, 0.2) is 0 Å². The van der Waals surface area contributed by atoms with E-state index in [1.165, 1.54) is 12.1 Å². The summed E-state index contributed by atoms with van der Waals surface area (Å²) in [5, 5.41) is 7.04. The summed E-state index contributed by atoms with van der Waals surface area (Å²) in [5.41, 5.74) is 0.769. The van der Waals surface area contributed by atoms with Crippen LogP contribution in [0.5, 0.6) is 0 Å². The third kappa shape index (κ3) is 4.74. The number of aromatic amines is 1. The van der Waals surface area contributed by atoms with Crippen LogP contribution in [0, 0.1) is 0 Å². The molecule has 0 radical (unpaired) electrons. The van der Waals surface area contributed by atoms with Gasteiger partial charge in [0.05, 0.1) is 22.2 Å². The third-order valence-corrected chi connectivity index (χ3v) is 5.57. The molecular formula is C26H18F3N5O2. The van der Waals surface area contributed by atoms with Crippen LogP contribution in [0.15, 0.2) is 79.0 Å². The summed E-state index contributed by atoms with van der Waals surface area (Å²) in [6.45, 7) is -0.0928. The van der Waals surface area contributed by atoms with Gasteiger partial charge in [0, 0.05) is 18.1 Å². The van der Waals surface area contributed by atoms with E-state index in [0.29, 0.717) is 16.6 Å². The van der Waals surface area contributed by atoms with Gasteiger partial charge in [-0.2, -0.15) is 13.2 Å². The maximum absolute atomic E-state index is 12.9. The molecule has 10 heteroatoms. The van der Waals surface area contributed by atoms with Crippen LogP contribution in [0.25, 0.3) is 21.8 Å². The number of aromatic nitrogens is 3. The maximum atomic E-state index is 12.9. The molecule has 0 aliphatic rings. The van der Waals surface area contributed by atoms with Crippen LogP contribution >= 0.6 is 0 Å². The van der Waals surface area contributed by atoms with Gasteiger partial charge in [-0.1, -0.05) is 42.5 Å². The van der Waals surface area contributed by atoms with Crippen LogP contribution in [0.4, 0.5) is 19.1 Å². The largest absolute Gasteiger partial charge is 0.416 e. The number of H-pyrrole nitrogens is 1. The van der Waals surface area contributed by atoms with Gasteiger partial charge < -0.3 is 10.3 Å². The minimum atomic E-state index is -4.47. The van der Waals surface area contributed by atoms with Crippen LogP contribution in [-0.4, -0.2) is 26.8 Å². The van der Waals surface area contributed by atoms with Gasteiger partial charge in [0.25, 0.3) is 11.8 Å². The number of hydrogen-bond acceptors (Lipinski definition) is 4. The molecule has 7 nitrogen and oxygen atoms in total. The summed E-state index contributed by atoms with van der Waals surface area (Å²) in [5.74, 6) is -0.853. The van der Waals surface area contributed by atoms with Gasteiger partial charge in [-0.3, -0.25) is 19.9 Å². The number of nitrogens with one attached hydrogen (secondary N) is 3. The number of hydrogen-bond donors (Lipinski definition) is 3. The van der Waals surface area contributed by atoms with Gasteiger partial charge in [-0.25, -0.2) is 4.98 Å². The smallest absolute Gasteiger partial charge is 0.348 e. The van der Waals surface area contributed by atoms with Crippen LogP contribution in [0.2, 0.25) is 0 Å². The fourth-order valence-corrected chi connectivity index (χ4v) is 3.79. The Morgan fingerprint density at radius 3 is 2.47 bits per heavy atom. The van der Waals surface area contributed by atoms with Crippen LogP contribution in [0.3, 0.4) is 0 Å². The minimum Gasteiger partial charge on any atom is -0.348 e. The normalized spacial score (nSPS) is 11.5. The zero-order chi connectivity index (χ0) is 25.3. The average molecular weight is 489 g/mol. The molecule has 5 aromatic rings. The summed E-state index contributed by atoms with van der Waals surface area (Å²) >= 11 is 0. The second-order valence-corrected chi connectivity index (χ2v) is 8.04. The van der Waals surface area contributed by atoms with Crippen molar-refractivity contribution in [3.05, 3.63) is 101 Å². The SMILES string of the molecule is O=C(Nc1nc2cccc(C(=O)NCc3cccc(C(F)(F)F)c3)c2[nH]1)c1cc2ccccc2cn1. The molecular weight excluding hydrogens is 471 g/mol. The number of imidazole rings is 1. The van der Waals surface area contributed by atoms with E-state index in [-0.39, 0.29) is 23.8 Å². The van der Waals surface area contributed by atoms with E-state index >= 15 is 0 Å². The Kier molecular flexibility index (Phi) is 5.85. The predicted octanol–water partition coefficient (Wildman–Crippen LogP) is 5.31. The summed E-state index contributed by atoms with van der Waals surface area (Å²) in [4.78, 5) is 37.0. The first kappa shape index (κ1) is 23.0. The Balaban J connectivity index is 1.33. The van der Waals surface area contributed by atoms with Gasteiger partial charge in [0.2, 0.25) is 5.95 Å². The highest BCUT2D eigenvalue weighted by molar-refractivity contribution is 6.07.